The van der Waals surface area contributed by atoms with Crippen LogP contribution in [0.2, 0.25) is 0 Å². The molecule has 0 aliphatic rings. The molecule has 0 N–H and O–H groups in total. The highest BCUT2D eigenvalue weighted by atomic mass is 35.5. The SMILES string of the molecule is CCCCC(CC)Cn1c(CCl)nc2ccc(F)cc21. The second-order valence-corrected chi connectivity index (χ2v) is 5.59. The van der Waals surface area contributed by atoms with E-state index in [4.69, 9.17) is 11.6 Å². The number of hydrogen-bond donors (Lipinski definition) is 0. The molecule has 1 heterocycles. The van der Waals surface area contributed by atoms with Crippen LogP contribution in [-0.4, -0.2) is 9.55 Å². The predicted molar refractivity (Wildman–Crippen MR) is 82.6 cm³/mol. The lowest BCUT2D eigenvalue weighted by molar-refractivity contribution is 0.391. The highest BCUT2D eigenvalue weighted by molar-refractivity contribution is 6.16. The van der Waals surface area contributed by atoms with Crippen molar-refractivity contribution in [3.05, 3.63) is 29.8 Å². The largest absolute Gasteiger partial charge is 0.327 e. The van der Waals surface area contributed by atoms with Gasteiger partial charge in [-0.05, 0) is 30.5 Å². The summed E-state index contributed by atoms with van der Waals surface area (Å²) in [7, 11) is 0. The minimum absolute atomic E-state index is 0.221. The molecule has 0 amide bonds. The lowest BCUT2D eigenvalue weighted by Gasteiger charge is -2.17. The zero-order valence-corrected chi connectivity index (χ0v) is 13.0. The van der Waals surface area contributed by atoms with Crippen LogP contribution in [0.25, 0.3) is 11.0 Å². The Morgan fingerprint density at radius 2 is 2.15 bits per heavy atom. The summed E-state index contributed by atoms with van der Waals surface area (Å²) in [5, 5.41) is 0. The van der Waals surface area contributed by atoms with Crippen molar-refractivity contribution in [2.24, 2.45) is 5.92 Å². The molecule has 1 unspecified atom stereocenters. The van der Waals surface area contributed by atoms with Crippen molar-refractivity contribution in [3.8, 4) is 0 Å². The van der Waals surface area contributed by atoms with Crippen molar-refractivity contribution in [3.63, 3.8) is 0 Å². The molecule has 4 heteroatoms. The van der Waals surface area contributed by atoms with Gasteiger partial charge < -0.3 is 4.57 Å². The van der Waals surface area contributed by atoms with Gasteiger partial charge in [0.2, 0.25) is 0 Å². The summed E-state index contributed by atoms with van der Waals surface area (Å²) in [6.45, 7) is 5.29. The molecule has 1 aromatic carbocycles. The van der Waals surface area contributed by atoms with Crippen molar-refractivity contribution in [1.29, 1.82) is 0 Å². The zero-order valence-electron chi connectivity index (χ0n) is 12.2. The lowest BCUT2D eigenvalue weighted by Crippen LogP contribution is -2.12. The van der Waals surface area contributed by atoms with Crippen LogP contribution in [-0.2, 0) is 12.4 Å². The molecule has 2 nitrogen and oxygen atoms in total. The molecule has 0 saturated heterocycles. The number of nitrogens with zero attached hydrogens (tertiary/aromatic N) is 2. The van der Waals surface area contributed by atoms with Gasteiger partial charge in [0.05, 0.1) is 16.9 Å². The summed E-state index contributed by atoms with van der Waals surface area (Å²) >= 11 is 6.00. The number of fused-ring (bicyclic) bond motifs is 1. The molecular formula is C16H22ClFN2. The first-order valence-corrected chi connectivity index (χ1v) is 7.93. The minimum atomic E-state index is -0.221. The lowest BCUT2D eigenvalue weighted by atomic mass is 9.99. The van der Waals surface area contributed by atoms with Crippen LogP contribution in [0, 0.1) is 11.7 Å². The molecule has 1 atom stereocenters. The van der Waals surface area contributed by atoms with Gasteiger partial charge in [-0.2, -0.15) is 0 Å². The van der Waals surface area contributed by atoms with E-state index in [0.29, 0.717) is 11.8 Å². The van der Waals surface area contributed by atoms with Gasteiger partial charge in [-0.15, -0.1) is 11.6 Å². The fraction of sp³-hybridized carbons (Fsp3) is 0.562. The Hall–Kier alpha value is -1.09. The van der Waals surface area contributed by atoms with Gasteiger partial charge in [0.15, 0.2) is 0 Å². The third-order valence-corrected chi connectivity index (χ3v) is 4.13. The van der Waals surface area contributed by atoms with E-state index in [1.54, 1.807) is 12.1 Å². The van der Waals surface area contributed by atoms with Crippen LogP contribution < -0.4 is 0 Å². The first kappa shape index (κ1) is 15.3. The molecule has 0 aliphatic heterocycles. The van der Waals surface area contributed by atoms with Gasteiger partial charge in [0.25, 0.3) is 0 Å². The van der Waals surface area contributed by atoms with Gasteiger partial charge >= 0.3 is 0 Å². The fourth-order valence-corrected chi connectivity index (χ4v) is 2.83. The van der Waals surface area contributed by atoms with E-state index in [0.717, 1.165) is 29.8 Å². The summed E-state index contributed by atoms with van der Waals surface area (Å²) in [6, 6.07) is 4.74. The predicted octanol–water partition coefficient (Wildman–Crippen LogP) is 5.13. The van der Waals surface area contributed by atoms with Gasteiger partial charge in [-0.3, -0.25) is 0 Å². The molecule has 1 aromatic heterocycles. The Kier molecular flexibility index (Phi) is 5.41. The van der Waals surface area contributed by atoms with Crippen LogP contribution in [0.3, 0.4) is 0 Å². The highest BCUT2D eigenvalue weighted by Crippen LogP contribution is 2.23. The molecule has 0 spiro atoms. The summed E-state index contributed by atoms with van der Waals surface area (Å²) in [5.41, 5.74) is 1.68. The molecule has 0 radical (unpaired) electrons. The normalized spacial score (nSPS) is 13.0. The monoisotopic (exact) mass is 296 g/mol. The minimum Gasteiger partial charge on any atom is -0.327 e. The van der Waals surface area contributed by atoms with Crippen molar-refractivity contribution in [2.45, 2.75) is 52.0 Å². The maximum absolute atomic E-state index is 13.5. The van der Waals surface area contributed by atoms with E-state index in [1.165, 1.54) is 25.3 Å². The Labute approximate surface area is 125 Å². The van der Waals surface area contributed by atoms with Crippen molar-refractivity contribution in [1.82, 2.24) is 9.55 Å². The van der Waals surface area contributed by atoms with Crippen LogP contribution in [0.4, 0.5) is 4.39 Å². The summed E-state index contributed by atoms with van der Waals surface area (Å²) in [5.74, 6) is 1.57. The number of alkyl halides is 1. The first-order chi connectivity index (χ1) is 9.69. The average Bonchev–Trinajstić information content (AvgIpc) is 2.80. The van der Waals surface area contributed by atoms with E-state index in [-0.39, 0.29) is 5.82 Å². The van der Waals surface area contributed by atoms with Crippen LogP contribution in [0.15, 0.2) is 18.2 Å². The summed E-state index contributed by atoms with van der Waals surface area (Å²) in [4.78, 5) is 4.50. The Morgan fingerprint density at radius 3 is 2.80 bits per heavy atom. The Balaban J connectivity index is 2.33. The smallest absolute Gasteiger partial charge is 0.125 e. The van der Waals surface area contributed by atoms with E-state index < -0.39 is 0 Å². The second-order valence-electron chi connectivity index (χ2n) is 5.32. The average molecular weight is 297 g/mol. The molecule has 0 aliphatic carbocycles. The molecule has 0 fully saturated rings. The molecule has 2 rings (SSSR count). The van der Waals surface area contributed by atoms with Crippen LogP contribution >= 0.6 is 11.6 Å². The third-order valence-electron chi connectivity index (χ3n) is 3.89. The quantitative estimate of drug-likeness (QED) is 0.648. The van der Waals surface area contributed by atoms with Crippen LogP contribution in [0.1, 0.15) is 45.4 Å². The molecular weight excluding hydrogens is 275 g/mol. The molecule has 0 bridgehead atoms. The van der Waals surface area contributed by atoms with E-state index in [2.05, 4.69) is 23.4 Å². The number of imidazole rings is 1. The number of halogens is 2. The van der Waals surface area contributed by atoms with Crippen LogP contribution in [0.5, 0.6) is 0 Å². The van der Waals surface area contributed by atoms with Gasteiger partial charge in [-0.25, -0.2) is 9.37 Å². The zero-order chi connectivity index (χ0) is 14.5. The number of rotatable bonds is 7. The maximum Gasteiger partial charge on any atom is 0.125 e. The van der Waals surface area contributed by atoms with Gasteiger partial charge in [-0.1, -0.05) is 33.1 Å². The second kappa shape index (κ2) is 7.07. The maximum atomic E-state index is 13.5. The molecule has 110 valence electrons. The van der Waals surface area contributed by atoms with Gasteiger partial charge in [0, 0.05) is 6.54 Å². The summed E-state index contributed by atoms with van der Waals surface area (Å²) in [6.07, 6.45) is 4.76. The molecule has 2 aromatic rings. The number of aromatic nitrogens is 2. The molecule has 0 saturated carbocycles. The van der Waals surface area contributed by atoms with Gasteiger partial charge in [0.1, 0.15) is 11.6 Å². The Bertz CT molecular complexity index is 565. The van der Waals surface area contributed by atoms with E-state index >= 15 is 0 Å². The third kappa shape index (κ3) is 3.32. The van der Waals surface area contributed by atoms with E-state index in [1.807, 2.05) is 0 Å². The topological polar surface area (TPSA) is 17.8 Å². The highest BCUT2D eigenvalue weighted by Gasteiger charge is 2.14. The van der Waals surface area contributed by atoms with Crippen molar-refractivity contribution < 1.29 is 4.39 Å². The molecule has 20 heavy (non-hydrogen) atoms. The summed E-state index contributed by atoms with van der Waals surface area (Å²) < 4.78 is 15.6. The van der Waals surface area contributed by atoms with E-state index in [9.17, 15) is 4.39 Å². The fourth-order valence-electron chi connectivity index (χ4n) is 2.63. The van der Waals surface area contributed by atoms with Crippen molar-refractivity contribution >= 4 is 22.6 Å². The number of hydrogen-bond acceptors (Lipinski definition) is 1. The standard InChI is InChI=1S/C16H22ClFN2/c1-3-5-6-12(4-2)11-20-15-9-13(18)7-8-14(15)19-16(20)10-17/h7-9,12H,3-6,10-11H2,1-2H3. The Morgan fingerprint density at radius 1 is 1.35 bits per heavy atom. The number of benzene rings is 1. The first-order valence-electron chi connectivity index (χ1n) is 7.40. The van der Waals surface area contributed by atoms with Crippen molar-refractivity contribution in [2.75, 3.05) is 0 Å². The number of unbranched alkanes of at least 4 members (excludes halogenated alkanes) is 1.